The van der Waals surface area contributed by atoms with Crippen LogP contribution >= 0.6 is 11.8 Å². The van der Waals surface area contributed by atoms with E-state index in [1.54, 1.807) is 28.8 Å². The Bertz CT molecular complexity index is 592. The van der Waals surface area contributed by atoms with Gasteiger partial charge in [-0.2, -0.15) is 0 Å². The van der Waals surface area contributed by atoms with Crippen molar-refractivity contribution in [1.82, 2.24) is 15.1 Å². The molecular formula is C18H25N3O3S. The lowest BCUT2D eigenvalue weighted by Crippen LogP contribution is -2.52. The van der Waals surface area contributed by atoms with Gasteiger partial charge in [0.15, 0.2) is 0 Å². The quantitative estimate of drug-likeness (QED) is 0.847. The number of nitrogens with one attached hydrogen (secondary N) is 1. The topological polar surface area (TPSA) is 61.9 Å². The summed E-state index contributed by atoms with van der Waals surface area (Å²) in [6, 6.07) is 8.80. The van der Waals surface area contributed by atoms with E-state index in [0.29, 0.717) is 17.2 Å². The van der Waals surface area contributed by atoms with Crippen LogP contribution in [0.25, 0.3) is 0 Å². The molecule has 3 rings (SSSR count). The monoisotopic (exact) mass is 363 g/mol. The molecule has 0 radical (unpaired) electrons. The van der Waals surface area contributed by atoms with Crippen LogP contribution in [-0.4, -0.2) is 78.2 Å². The van der Waals surface area contributed by atoms with E-state index in [-0.39, 0.29) is 17.9 Å². The van der Waals surface area contributed by atoms with Crippen LogP contribution in [0, 0.1) is 0 Å². The van der Waals surface area contributed by atoms with Crippen LogP contribution in [0.5, 0.6) is 0 Å². The van der Waals surface area contributed by atoms with Gasteiger partial charge in [-0.15, -0.1) is 11.8 Å². The van der Waals surface area contributed by atoms with Gasteiger partial charge in [0.05, 0.1) is 19.1 Å². The van der Waals surface area contributed by atoms with E-state index < -0.39 is 6.04 Å². The van der Waals surface area contributed by atoms with Crippen LogP contribution in [0.15, 0.2) is 30.3 Å². The number of rotatable bonds is 5. The summed E-state index contributed by atoms with van der Waals surface area (Å²) in [6.07, 6.45) is 0. The number of ether oxygens (including phenoxy) is 1. The standard InChI is InChI=1S/C18H25N3O3S/c1-14(11-20-7-9-24-10-8-20)19-17(22)16-12-25-13-21(16)18(23)15-5-3-2-4-6-15/h2-6,14,16H,7-13H2,1H3,(H,19,22)/t14-,16-/m0/s1. The van der Waals surface area contributed by atoms with Crippen molar-refractivity contribution in [2.75, 3.05) is 44.5 Å². The van der Waals surface area contributed by atoms with Crippen molar-refractivity contribution in [3.63, 3.8) is 0 Å². The third-order valence-electron chi connectivity index (χ3n) is 4.49. The molecule has 2 fully saturated rings. The van der Waals surface area contributed by atoms with Crippen LogP contribution in [-0.2, 0) is 9.53 Å². The average molecular weight is 363 g/mol. The number of nitrogens with zero attached hydrogens (tertiary/aromatic N) is 2. The Labute approximate surface area is 152 Å². The van der Waals surface area contributed by atoms with Crippen LogP contribution < -0.4 is 5.32 Å². The van der Waals surface area contributed by atoms with E-state index in [9.17, 15) is 9.59 Å². The molecule has 2 atom stereocenters. The summed E-state index contributed by atoms with van der Waals surface area (Å²) in [7, 11) is 0. The van der Waals surface area contributed by atoms with Crippen molar-refractivity contribution < 1.29 is 14.3 Å². The van der Waals surface area contributed by atoms with Gasteiger partial charge < -0.3 is 15.0 Å². The van der Waals surface area contributed by atoms with Crippen molar-refractivity contribution in [1.29, 1.82) is 0 Å². The second-order valence-corrected chi connectivity index (χ2v) is 7.48. The summed E-state index contributed by atoms with van der Waals surface area (Å²) in [5.74, 6) is 1.07. The summed E-state index contributed by atoms with van der Waals surface area (Å²) < 4.78 is 5.35. The summed E-state index contributed by atoms with van der Waals surface area (Å²) in [5.41, 5.74) is 0.629. The number of hydrogen-bond donors (Lipinski definition) is 1. The first-order valence-electron chi connectivity index (χ1n) is 8.69. The third-order valence-corrected chi connectivity index (χ3v) is 5.50. The molecule has 0 saturated carbocycles. The fourth-order valence-electron chi connectivity index (χ4n) is 3.16. The number of thioether (sulfide) groups is 1. The smallest absolute Gasteiger partial charge is 0.255 e. The minimum atomic E-state index is -0.398. The molecule has 0 aromatic heterocycles. The molecule has 1 aromatic rings. The van der Waals surface area contributed by atoms with Crippen molar-refractivity contribution >= 4 is 23.6 Å². The molecule has 0 spiro atoms. The first kappa shape index (κ1) is 18.2. The maximum Gasteiger partial charge on any atom is 0.255 e. The molecule has 2 saturated heterocycles. The number of morpholine rings is 1. The summed E-state index contributed by atoms with van der Waals surface area (Å²) in [6.45, 7) is 6.12. The highest BCUT2D eigenvalue weighted by atomic mass is 32.2. The van der Waals surface area contributed by atoms with Gasteiger partial charge in [-0.05, 0) is 19.1 Å². The normalized spacial score (nSPS) is 22.6. The van der Waals surface area contributed by atoms with Crippen LogP contribution in [0.2, 0.25) is 0 Å². The molecule has 2 heterocycles. The van der Waals surface area contributed by atoms with Crippen LogP contribution in [0.3, 0.4) is 0 Å². The van der Waals surface area contributed by atoms with Gasteiger partial charge in [0, 0.05) is 37.0 Å². The molecule has 136 valence electrons. The van der Waals surface area contributed by atoms with E-state index in [4.69, 9.17) is 4.74 Å². The maximum absolute atomic E-state index is 12.7. The Balaban J connectivity index is 1.56. The van der Waals surface area contributed by atoms with Crippen LogP contribution in [0.1, 0.15) is 17.3 Å². The molecule has 1 aromatic carbocycles. The number of hydrogen-bond acceptors (Lipinski definition) is 5. The highest BCUT2D eigenvalue weighted by Gasteiger charge is 2.35. The first-order chi connectivity index (χ1) is 12.1. The van der Waals surface area contributed by atoms with Crippen molar-refractivity contribution in [3.8, 4) is 0 Å². The molecule has 2 amide bonds. The molecule has 0 unspecified atom stereocenters. The zero-order valence-corrected chi connectivity index (χ0v) is 15.3. The SMILES string of the molecule is C[C@@H](CN1CCOCC1)NC(=O)[C@@H]1CSCN1C(=O)c1ccccc1. The minimum Gasteiger partial charge on any atom is -0.379 e. The first-order valence-corrected chi connectivity index (χ1v) is 9.85. The van der Waals surface area contributed by atoms with E-state index in [1.165, 1.54) is 0 Å². The Morgan fingerprint density at radius 2 is 2.00 bits per heavy atom. The van der Waals surface area contributed by atoms with E-state index in [1.807, 2.05) is 25.1 Å². The van der Waals surface area contributed by atoms with Crippen molar-refractivity contribution in [3.05, 3.63) is 35.9 Å². The second kappa shape index (κ2) is 8.69. The van der Waals surface area contributed by atoms with Crippen molar-refractivity contribution in [2.45, 2.75) is 19.0 Å². The number of carbonyl (C=O) groups excluding carboxylic acids is 2. The van der Waals surface area contributed by atoms with Gasteiger partial charge in [-0.25, -0.2) is 0 Å². The molecular weight excluding hydrogens is 338 g/mol. The second-order valence-electron chi connectivity index (χ2n) is 6.48. The summed E-state index contributed by atoms with van der Waals surface area (Å²) >= 11 is 1.62. The Kier molecular flexibility index (Phi) is 6.34. The summed E-state index contributed by atoms with van der Waals surface area (Å²) in [5, 5.41) is 3.08. The summed E-state index contributed by atoms with van der Waals surface area (Å²) in [4.78, 5) is 29.3. The maximum atomic E-state index is 12.7. The van der Waals surface area contributed by atoms with E-state index >= 15 is 0 Å². The predicted octanol–water partition coefficient (Wildman–Crippen LogP) is 1.04. The Morgan fingerprint density at radius 1 is 1.28 bits per heavy atom. The molecule has 0 aliphatic carbocycles. The van der Waals surface area contributed by atoms with E-state index in [2.05, 4.69) is 10.2 Å². The van der Waals surface area contributed by atoms with Gasteiger partial charge in [0.2, 0.25) is 5.91 Å². The Morgan fingerprint density at radius 3 is 2.72 bits per heavy atom. The average Bonchev–Trinajstić information content (AvgIpc) is 3.12. The van der Waals surface area contributed by atoms with Crippen LogP contribution in [0.4, 0.5) is 0 Å². The number of carbonyl (C=O) groups is 2. The molecule has 2 aliphatic rings. The Hall–Kier alpha value is -1.57. The largest absolute Gasteiger partial charge is 0.379 e. The molecule has 25 heavy (non-hydrogen) atoms. The lowest BCUT2D eigenvalue weighted by atomic mass is 10.1. The van der Waals surface area contributed by atoms with Crippen molar-refractivity contribution in [2.24, 2.45) is 0 Å². The predicted molar refractivity (Wildman–Crippen MR) is 98.6 cm³/mol. The molecule has 6 nitrogen and oxygen atoms in total. The van der Waals surface area contributed by atoms with Gasteiger partial charge in [0.1, 0.15) is 6.04 Å². The molecule has 1 N–H and O–H groups in total. The zero-order chi connectivity index (χ0) is 17.6. The molecule has 2 aliphatic heterocycles. The third kappa shape index (κ3) is 4.74. The molecule has 0 bridgehead atoms. The van der Waals surface area contributed by atoms with E-state index in [0.717, 1.165) is 32.8 Å². The lowest BCUT2D eigenvalue weighted by molar-refractivity contribution is -0.125. The minimum absolute atomic E-state index is 0.0462. The zero-order valence-electron chi connectivity index (χ0n) is 14.5. The fraction of sp³-hybridized carbons (Fsp3) is 0.556. The molecule has 7 heteroatoms. The number of benzene rings is 1. The van der Waals surface area contributed by atoms with Gasteiger partial charge in [-0.3, -0.25) is 14.5 Å². The van der Waals surface area contributed by atoms with Gasteiger partial charge >= 0.3 is 0 Å². The van der Waals surface area contributed by atoms with Gasteiger partial charge in [0.25, 0.3) is 5.91 Å². The number of amides is 2. The fourth-order valence-corrected chi connectivity index (χ4v) is 4.32. The highest BCUT2D eigenvalue weighted by Crippen LogP contribution is 2.23. The highest BCUT2D eigenvalue weighted by molar-refractivity contribution is 7.99. The lowest BCUT2D eigenvalue weighted by Gasteiger charge is -2.30. The van der Waals surface area contributed by atoms with Gasteiger partial charge in [-0.1, -0.05) is 18.2 Å².